The van der Waals surface area contributed by atoms with Crippen molar-refractivity contribution in [3.8, 4) is 18.0 Å². The van der Waals surface area contributed by atoms with Crippen LogP contribution in [0.15, 0.2) is 23.2 Å². The first kappa shape index (κ1) is 16.8. The van der Waals surface area contributed by atoms with Gasteiger partial charge in [-0.1, -0.05) is 6.92 Å². The number of hydrogen-bond acceptors (Lipinski definition) is 5. The van der Waals surface area contributed by atoms with E-state index in [1.807, 2.05) is 13.1 Å². The molecule has 1 aliphatic heterocycles. The molecule has 1 heterocycles. The molecule has 23 heavy (non-hydrogen) atoms. The highest BCUT2D eigenvalue weighted by Crippen LogP contribution is 2.42. The molecule has 2 rings (SSSR count). The summed E-state index contributed by atoms with van der Waals surface area (Å²) in [5.74, 6) is 1.12. The summed E-state index contributed by atoms with van der Waals surface area (Å²) in [6, 6.07) is 6.57. The van der Waals surface area contributed by atoms with Crippen molar-refractivity contribution in [3.63, 3.8) is 0 Å². The lowest BCUT2D eigenvalue weighted by Gasteiger charge is -2.40. The zero-order chi connectivity index (χ0) is 17.0. The number of aliphatic hydroxyl groups is 1. The monoisotopic (exact) mass is 312 g/mol. The number of amidine groups is 1. The Morgan fingerprint density at radius 3 is 2.78 bits per heavy atom. The molecule has 0 spiro atoms. The first-order valence-electron chi connectivity index (χ1n) is 7.55. The largest absolute Gasteiger partial charge is 0.485 e. The van der Waals surface area contributed by atoms with Gasteiger partial charge in [-0.15, -0.1) is 0 Å². The van der Waals surface area contributed by atoms with Gasteiger partial charge in [-0.25, -0.2) is 0 Å². The maximum Gasteiger partial charge on any atom is 0.182 e. The van der Waals surface area contributed by atoms with E-state index in [0.29, 0.717) is 29.1 Å². The number of aliphatic hydroxyl groups excluding tert-OH is 1. The van der Waals surface area contributed by atoms with Gasteiger partial charge < -0.3 is 9.84 Å². The summed E-state index contributed by atoms with van der Waals surface area (Å²) in [6.45, 7) is 5.57. The van der Waals surface area contributed by atoms with Crippen molar-refractivity contribution in [3.05, 3.63) is 29.3 Å². The smallest absolute Gasteiger partial charge is 0.182 e. The van der Waals surface area contributed by atoms with Gasteiger partial charge in [0.1, 0.15) is 29.3 Å². The van der Waals surface area contributed by atoms with Gasteiger partial charge >= 0.3 is 0 Å². The Bertz CT molecular complexity index is 698. The minimum Gasteiger partial charge on any atom is -0.485 e. The Balaban J connectivity index is 2.54. The number of nitrogens with zero attached hydrogens (tertiary/aromatic N) is 3. The number of aliphatic imine (C=N–C) groups is 1. The normalized spacial score (nSPS) is 22.3. The number of benzene rings is 1. The molecule has 0 saturated carbocycles. The zero-order valence-corrected chi connectivity index (χ0v) is 13.5. The van der Waals surface area contributed by atoms with Crippen LogP contribution in [0.1, 0.15) is 50.8 Å². The number of hydrogen-bond donors (Lipinski definition) is 2. The van der Waals surface area contributed by atoms with Crippen molar-refractivity contribution < 1.29 is 9.84 Å². The Labute approximate surface area is 136 Å². The van der Waals surface area contributed by atoms with Crippen LogP contribution in [-0.2, 0) is 0 Å². The molecule has 6 heteroatoms. The molecule has 0 aliphatic carbocycles. The molecule has 0 unspecified atom stereocenters. The summed E-state index contributed by atoms with van der Waals surface area (Å²) in [7, 11) is 0. The van der Waals surface area contributed by atoms with Crippen LogP contribution < -0.4 is 10.1 Å². The Morgan fingerprint density at radius 1 is 1.43 bits per heavy atom. The summed E-state index contributed by atoms with van der Waals surface area (Å²) in [4.78, 5) is 4.55. The molecule has 1 aliphatic rings. The Hall–Kier alpha value is -2.57. The second-order valence-corrected chi connectivity index (χ2v) is 6.02. The van der Waals surface area contributed by atoms with E-state index in [9.17, 15) is 5.11 Å². The fourth-order valence-corrected chi connectivity index (χ4v) is 2.60. The molecule has 0 amide bonds. The second kappa shape index (κ2) is 6.68. The average molecular weight is 312 g/mol. The standard InChI is InChI=1S/C17H20N4O2/c1-4-5-14(20-10-19)21-15-12-8-11(9-18)6-7-13(12)23-17(2,3)16(15)22/h6-8,15-16,22H,4-5H2,1-3H3,(H,20,21)/t15-,16+/m0/s1. The van der Waals surface area contributed by atoms with Crippen LogP contribution in [-0.4, -0.2) is 22.6 Å². The van der Waals surface area contributed by atoms with Crippen LogP contribution in [0.4, 0.5) is 0 Å². The minimum atomic E-state index is -0.892. The van der Waals surface area contributed by atoms with E-state index in [2.05, 4.69) is 16.4 Å². The van der Waals surface area contributed by atoms with Crippen LogP contribution in [0.2, 0.25) is 0 Å². The molecular formula is C17H20N4O2. The van der Waals surface area contributed by atoms with Crippen molar-refractivity contribution in [1.82, 2.24) is 5.32 Å². The van der Waals surface area contributed by atoms with Crippen molar-refractivity contribution in [2.75, 3.05) is 0 Å². The zero-order valence-electron chi connectivity index (χ0n) is 13.5. The van der Waals surface area contributed by atoms with E-state index in [4.69, 9.17) is 15.3 Å². The number of fused-ring (bicyclic) bond motifs is 1. The average Bonchev–Trinajstić information content (AvgIpc) is 2.51. The maximum atomic E-state index is 10.7. The number of nitriles is 2. The van der Waals surface area contributed by atoms with Gasteiger partial charge in [-0.3, -0.25) is 10.3 Å². The van der Waals surface area contributed by atoms with Gasteiger partial charge in [0.05, 0.1) is 11.6 Å². The molecular weight excluding hydrogens is 292 g/mol. The van der Waals surface area contributed by atoms with Crippen LogP contribution in [0.25, 0.3) is 0 Å². The van der Waals surface area contributed by atoms with E-state index >= 15 is 0 Å². The highest BCUT2D eigenvalue weighted by molar-refractivity contribution is 5.83. The fraction of sp³-hybridized carbons (Fsp3) is 0.471. The fourth-order valence-electron chi connectivity index (χ4n) is 2.60. The van der Waals surface area contributed by atoms with Crippen molar-refractivity contribution in [2.24, 2.45) is 4.99 Å². The van der Waals surface area contributed by atoms with Gasteiger partial charge in [0, 0.05) is 12.0 Å². The molecule has 0 fully saturated rings. The van der Waals surface area contributed by atoms with Crippen molar-refractivity contribution in [2.45, 2.75) is 51.4 Å². The van der Waals surface area contributed by atoms with E-state index in [-0.39, 0.29) is 0 Å². The quantitative estimate of drug-likeness (QED) is 0.386. The summed E-state index contributed by atoms with van der Waals surface area (Å²) in [5, 5.41) is 31.2. The lowest BCUT2D eigenvalue weighted by molar-refractivity contribution is -0.0567. The predicted molar refractivity (Wildman–Crippen MR) is 85.7 cm³/mol. The van der Waals surface area contributed by atoms with E-state index in [1.54, 1.807) is 32.0 Å². The maximum absolute atomic E-state index is 10.7. The first-order valence-corrected chi connectivity index (χ1v) is 7.55. The number of ether oxygens (including phenoxy) is 1. The molecule has 120 valence electrons. The van der Waals surface area contributed by atoms with Crippen LogP contribution in [0.5, 0.6) is 5.75 Å². The Kier molecular flexibility index (Phi) is 4.88. The molecule has 1 aromatic rings. The van der Waals surface area contributed by atoms with Gasteiger partial charge in [0.2, 0.25) is 0 Å². The summed E-state index contributed by atoms with van der Waals surface area (Å²) >= 11 is 0. The van der Waals surface area contributed by atoms with Gasteiger partial charge in [0.15, 0.2) is 6.19 Å². The third kappa shape index (κ3) is 3.44. The molecule has 1 aromatic carbocycles. The molecule has 0 bridgehead atoms. The van der Waals surface area contributed by atoms with Crippen LogP contribution in [0.3, 0.4) is 0 Å². The van der Waals surface area contributed by atoms with E-state index in [0.717, 1.165) is 6.42 Å². The number of nitrogens with one attached hydrogen (secondary N) is 1. The lowest BCUT2D eigenvalue weighted by atomic mass is 9.86. The predicted octanol–water partition coefficient (Wildman–Crippen LogP) is 2.40. The molecule has 2 atom stereocenters. The molecule has 0 aromatic heterocycles. The summed E-state index contributed by atoms with van der Waals surface area (Å²) in [6.07, 6.45) is 2.41. The molecule has 0 radical (unpaired) electrons. The number of rotatable bonds is 3. The SMILES string of the molecule is CCCC(=N[C@H]1c2cc(C#N)ccc2OC(C)(C)[C@@H]1O)NC#N. The first-order chi connectivity index (χ1) is 10.9. The lowest BCUT2D eigenvalue weighted by Crippen LogP contribution is -2.48. The topological polar surface area (TPSA) is 101 Å². The van der Waals surface area contributed by atoms with Gasteiger partial charge in [-0.2, -0.15) is 10.5 Å². The summed E-state index contributed by atoms with van der Waals surface area (Å²) in [5.41, 5.74) is 0.313. The third-order valence-electron chi connectivity index (χ3n) is 3.82. The molecule has 2 N–H and O–H groups in total. The van der Waals surface area contributed by atoms with E-state index in [1.165, 1.54) is 0 Å². The van der Waals surface area contributed by atoms with Gasteiger partial charge in [-0.05, 0) is 38.5 Å². The highest BCUT2D eigenvalue weighted by atomic mass is 16.5. The molecule has 6 nitrogen and oxygen atoms in total. The van der Waals surface area contributed by atoms with E-state index < -0.39 is 17.7 Å². The van der Waals surface area contributed by atoms with Crippen molar-refractivity contribution >= 4 is 5.84 Å². The third-order valence-corrected chi connectivity index (χ3v) is 3.82. The van der Waals surface area contributed by atoms with Crippen LogP contribution >= 0.6 is 0 Å². The van der Waals surface area contributed by atoms with Gasteiger partial charge in [0.25, 0.3) is 0 Å². The van der Waals surface area contributed by atoms with Crippen molar-refractivity contribution in [1.29, 1.82) is 10.5 Å². The summed E-state index contributed by atoms with van der Waals surface area (Å²) < 4.78 is 5.85. The Morgan fingerprint density at radius 2 is 2.17 bits per heavy atom. The second-order valence-electron chi connectivity index (χ2n) is 6.02. The van der Waals surface area contributed by atoms with Crippen LogP contribution in [0, 0.1) is 22.8 Å². The molecule has 0 saturated heterocycles. The minimum absolute atomic E-state index is 0.477. The highest BCUT2D eigenvalue weighted by Gasteiger charge is 2.43.